The van der Waals surface area contributed by atoms with Gasteiger partial charge in [0.25, 0.3) is 0 Å². The molecule has 166 valence electrons. The number of rotatable bonds is 8. The molecule has 0 aliphatic heterocycles. The van der Waals surface area contributed by atoms with Gasteiger partial charge in [-0.05, 0) is 38.8 Å². The van der Waals surface area contributed by atoms with Crippen molar-refractivity contribution >= 4 is 16.0 Å². The summed E-state index contributed by atoms with van der Waals surface area (Å²) in [6.07, 6.45) is 1.56. The highest BCUT2D eigenvalue weighted by Gasteiger charge is 2.24. The summed E-state index contributed by atoms with van der Waals surface area (Å²) in [6.45, 7) is 10.4. The first-order valence-electron chi connectivity index (χ1n) is 10.1. The van der Waals surface area contributed by atoms with Crippen LogP contribution in [-0.4, -0.2) is 32.1 Å². The summed E-state index contributed by atoms with van der Waals surface area (Å²) >= 11 is 0. The van der Waals surface area contributed by atoms with Gasteiger partial charge in [0.2, 0.25) is 10.0 Å². The summed E-state index contributed by atoms with van der Waals surface area (Å²) in [4.78, 5) is 4.50. The fraction of sp³-hybridized carbons (Fsp3) is 0.524. The van der Waals surface area contributed by atoms with E-state index in [0.29, 0.717) is 24.6 Å². The van der Waals surface area contributed by atoms with Gasteiger partial charge in [0.05, 0.1) is 10.6 Å². The molecule has 0 atom stereocenters. The number of nitrogens with zero attached hydrogens (tertiary/aromatic N) is 2. The molecule has 0 spiro atoms. The van der Waals surface area contributed by atoms with Crippen molar-refractivity contribution in [3.05, 3.63) is 46.8 Å². The molecular weight excluding hydrogens is 402 g/mol. The van der Waals surface area contributed by atoms with Gasteiger partial charge in [0.1, 0.15) is 5.76 Å². The molecule has 0 fully saturated rings. The molecule has 8 nitrogen and oxygen atoms in total. The Hall–Kier alpha value is -2.39. The topological polar surface area (TPSA) is 109 Å². The lowest BCUT2D eigenvalue weighted by atomic mass is 10.1. The second-order valence-electron chi connectivity index (χ2n) is 7.98. The molecule has 2 aromatic rings. The molecule has 30 heavy (non-hydrogen) atoms. The van der Waals surface area contributed by atoms with Crippen LogP contribution in [-0.2, 0) is 36.0 Å². The number of hydrogen-bond acceptors (Lipinski definition) is 5. The van der Waals surface area contributed by atoms with Crippen LogP contribution in [0.5, 0.6) is 0 Å². The van der Waals surface area contributed by atoms with Crippen molar-refractivity contribution in [3.63, 3.8) is 0 Å². The van der Waals surface area contributed by atoms with E-state index in [1.165, 1.54) is 0 Å². The first-order valence-corrected chi connectivity index (χ1v) is 11.6. The number of aromatic nitrogens is 1. The van der Waals surface area contributed by atoms with E-state index in [1.54, 1.807) is 25.2 Å². The lowest BCUT2D eigenvalue weighted by molar-refractivity contribution is 0.380. The van der Waals surface area contributed by atoms with E-state index in [-0.39, 0.29) is 4.90 Å². The van der Waals surface area contributed by atoms with E-state index >= 15 is 0 Å². The van der Waals surface area contributed by atoms with Gasteiger partial charge in [-0.1, -0.05) is 37.2 Å². The van der Waals surface area contributed by atoms with Crippen LogP contribution in [0.4, 0.5) is 0 Å². The molecule has 1 aromatic heterocycles. The van der Waals surface area contributed by atoms with Crippen LogP contribution < -0.4 is 15.4 Å². The number of nitrogens with one attached hydrogen (secondary N) is 3. The molecular formula is C21H33N5O3S. The van der Waals surface area contributed by atoms with Gasteiger partial charge < -0.3 is 15.2 Å². The van der Waals surface area contributed by atoms with Crippen LogP contribution in [0.25, 0.3) is 0 Å². The predicted molar refractivity (Wildman–Crippen MR) is 119 cm³/mol. The van der Waals surface area contributed by atoms with Gasteiger partial charge >= 0.3 is 0 Å². The second kappa shape index (κ2) is 10.1. The fourth-order valence-electron chi connectivity index (χ4n) is 3.08. The number of hydrogen-bond donors (Lipinski definition) is 3. The number of aryl methyl sites for hydroxylation is 2. The van der Waals surface area contributed by atoms with Gasteiger partial charge in [-0.2, -0.15) is 0 Å². The van der Waals surface area contributed by atoms with Gasteiger partial charge in [-0.25, -0.2) is 13.1 Å². The molecule has 1 aromatic carbocycles. The van der Waals surface area contributed by atoms with Crippen LogP contribution in [0.1, 0.15) is 57.2 Å². The Morgan fingerprint density at radius 1 is 1.10 bits per heavy atom. The molecule has 0 bridgehead atoms. The zero-order chi connectivity index (χ0) is 22.4. The third-order valence-corrected chi connectivity index (χ3v) is 6.27. The Morgan fingerprint density at radius 3 is 2.37 bits per heavy atom. The maximum absolute atomic E-state index is 12.8. The lowest BCUT2D eigenvalue weighted by Gasteiger charge is -2.22. The highest BCUT2D eigenvalue weighted by atomic mass is 32.2. The molecule has 9 heteroatoms. The van der Waals surface area contributed by atoms with Crippen molar-refractivity contribution in [2.24, 2.45) is 4.99 Å². The summed E-state index contributed by atoms with van der Waals surface area (Å²) < 4.78 is 33.7. The first kappa shape index (κ1) is 23.9. The van der Waals surface area contributed by atoms with Crippen molar-refractivity contribution < 1.29 is 12.9 Å². The zero-order valence-corrected chi connectivity index (χ0v) is 19.5. The SMILES string of the molecule is CCc1noc(CC)c1CNC(=NC)NCc1ccccc1S(=O)(=O)NC(C)(C)C. The largest absolute Gasteiger partial charge is 0.361 e. The molecule has 2 rings (SSSR count). The van der Waals surface area contributed by atoms with E-state index in [4.69, 9.17) is 4.52 Å². The number of aliphatic imine (C=N–C) groups is 1. The zero-order valence-electron chi connectivity index (χ0n) is 18.7. The molecule has 3 N–H and O–H groups in total. The number of sulfonamides is 1. The van der Waals surface area contributed by atoms with E-state index in [9.17, 15) is 8.42 Å². The molecule has 0 aliphatic rings. The average Bonchev–Trinajstić information content (AvgIpc) is 3.08. The standard InChI is InChI=1S/C21H33N5O3S/c1-7-17-16(18(8-2)29-25-17)14-24-20(22-6)23-13-15-11-9-10-12-19(15)30(27,28)26-21(3,4)5/h9-12,26H,7-8,13-14H2,1-6H3,(H2,22,23,24). The highest BCUT2D eigenvalue weighted by Crippen LogP contribution is 2.18. The fourth-order valence-corrected chi connectivity index (χ4v) is 4.74. The minimum Gasteiger partial charge on any atom is -0.361 e. The monoisotopic (exact) mass is 435 g/mol. The molecule has 0 aliphatic carbocycles. The van der Waals surface area contributed by atoms with Crippen molar-refractivity contribution in [1.29, 1.82) is 0 Å². The molecule has 1 heterocycles. The van der Waals surface area contributed by atoms with E-state index < -0.39 is 15.6 Å². The van der Waals surface area contributed by atoms with E-state index in [0.717, 1.165) is 29.9 Å². The summed E-state index contributed by atoms with van der Waals surface area (Å²) in [5.41, 5.74) is 2.06. The maximum atomic E-state index is 12.8. The maximum Gasteiger partial charge on any atom is 0.241 e. The highest BCUT2D eigenvalue weighted by molar-refractivity contribution is 7.89. The average molecular weight is 436 g/mol. The van der Waals surface area contributed by atoms with Gasteiger partial charge in [0.15, 0.2) is 5.96 Å². The normalized spacial score (nSPS) is 12.8. The Kier molecular flexibility index (Phi) is 8.03. The summed E-state index contributed by atoms with van der Waals surface area (Å²) in [6, 6.07) is 6.95. The molecule has 0 radical (unpaired) electrons. The third kappa shape index (κ3) is 6.30. The third-order valence-electron chi connectivity index (χ3n) is 4.41. The van der Waals surface area contributed by atoms with Crippen molar-refractivity contribution in [2.75, 3.05) is 7.05 Å². The van der Waals surface area contributed by atoms with Crippen LogP contribution in [0.3, 0.4) is 0 Å². The second-order valence-corrected chi connectivity index (χ2v) is 9.63. The quantitative estimate of drug-likeness (QED) is 0.435. The molecule has 0 amide bonds. The summed E-state index contributed by atoms with van der Waals surface area (Å²) in [5, 5.41) is 10.6. The van der Waals surface area contributed by atoms with Crippen LogP contribution in [0.2, 0.25) is 0 Å². The molecule has 0 unspecified atom stereocenters. The minimum atomic E-state index is -3.64. The number of benzene rings is 1. The Bertz CT molecular complexity index is 953. The van der Waals surface area contributed by atoms with E-state index in [1.807, 2.05) is 40.7 Å². The van der Waals surface area contributed by atoms with Gasteiger partial charge in [-0.3, -0.25) is 4.99 Å². The summed E-state index contributed by atoms with van der Waals surface area (Å²) in [5.74, 6) is 1.43. The van der Waals surface area contributed by atoms with Crippen LogP contribution in [0.15, 0.2) is 38.7 Å². The molecule has 0 saturated carbocycles. The van der Waals surface area contributed by atoms with Gasteiger partial charge in [-0.15, -0.1) is 0 Å². The molecule has 0 saturated heterocycles. The Balaban J connectivity index is 2.11. The number of guanidine groups is 1. The Morgan fingerprint density at radius 2 is 1.77 bits per heavy atom. The smallest absolute Gasteiger partial charge is 0.241 e. The van der Waals surface area contributed by atoms with Crippen LogP contribution in [0, 0.1) is 0 Å². The van der Waals surface area contributed by atoms with Gasteiger partial charge in [0, 0.05) is 37.7 Å². The summed E-state index contributed by atoms with van der Waals surface area (Å²) in [7, 11) is -1.97. The van der Waals surface area contributed by atoms with Crippen molar-refractivity contribution in [3.8, 4) is 0 Å². The Labute approximate surface area is 179 Å². The van der Waals surface area contributed by atoms with Crippen molar-refractivity contribution in [2.45, 2.75) is 71.0 Å². The van der Waals surface area contributed by atoms with E-state index in [2.05, 4.69) is 25.5 Å². The predicted octanol–water partition coefficient (Wildman–Crippen LogP) is 2.74. The van der Waals surface area contributed by atoms with Crippen molar-refractivity contribution in [1.82, 2.24) is 20.5 Å². The minimum absolute atomic E-state index is 0.253. The lowest BCUT2D eigenvalue weighted by Crippen LogP contribution is -2.41. The van der Waals surface area contributed by atoms with Crippen LogP contribution >= 0.6 is 0 Å². The first-order chi connectivity index (χ1) is 14.1.